The average Bonchev–Trinajstić information content (AvgIpc) is 3.02. The molecule has 3 amide bonds. The molecule has 1 unspecified atom stereocenters. The Labute approximate surface area is 169 Å². The second kappa shape index (κ2) is 6.81. The van der Waals surface area contributed by atoms with Crippen molar-refractivity contribution in [2.45, 2.75) is 50.2 Å². The second-order valence-electron chi connectivity index (χ2n) is 8.29. The summed E-state index contributed by atoms with van der Waals surface area (Å²) >= 11 is 0. The Hall–Kier alpha value is -2.99. The maximum Gasteiger partial charge on any atom is 0.255 e. The van der Waals surface area contributed by atoms with Crippen molar-refractivity contribution in [1.29, 1.82) is 0 Å². The van der Waals surface area contributed by atoms with Crippen LogP contribution in [0.15, 0.2) is 42.5 Å². The Morgan fingerprint density at radius 2 is 1.76 bits per heavy atom. The molecule has 0 spiro atoms. The van der Waals surface area contributed by atoms with Gasteiger partial charge in [0.05, 0.1) is 0 Å². The molecule has 3 N–H and O–H groups in total. The fourth-order valence-corrected chi connectivity index (χ4v) is 4.75. The summed E-state index contributed by atoms with van der Waals surface area (Å²) in [5, 5.41) is 2.35. The number of carbonyl (C=O) groups is 3. The molecule has 1 saturated heterocycles. The number of imide groups is 1. The zero-order chi connectivity index (χ0) is 20.1. The third kappa shape index (κ3) is 3.04. The normalized spacial score (nSPS) is 26.2. The molecule has 0 aromatic heterocycles. The molecule has 5 rings (SSSR count). The van der Waals surface area contributed by atoms with E-state index in [1.54, 1.807) is 4.90 Å². The van der Waals surface area contributed by atoms with Crippen LogP contribution in [0.5, 0.6) is 0 Å². The summed E-state index contributed by atoms with van der Waals surface area (Å²) in [5.74, 6) is -0.295. The summed E-state index contributed by atoms with van der Waals surface area (Å²) in [6.45, 7) is 0.384. The molecular weight excluding hydrogens is 366 g/mol. The lowest BCUT2D eigenvalue weighted by Gasteiger charge is -2.33. The van der Waals surface area contributed by atoms with Gasteiger partial charge >= 0.3 is 0 Å². The standard InChI is InChI=1S/C23H23N3O3/c24-16-10-15(11-16)13-3-1-4-14(9-13)17-5-2-6-18-19(17)12-26(23(18)29)20-7-8-21(27)25-22(20)28/h1-6,9,15-16,20H,7-8,10-12,24H2,(H,25,27,28). The molecule has 2 aromatic rings. The van der Waals surface area contributed by atoms with Gasteiger partial charge in [-0.25, -0.2) is 0 Å². The van der Waals surface area contributed by atoms with Crippen LogP contribution in [0.1, 0.15) is 53.1 Å². The van der Waals surface area contributed by atoms with Crippen LogP contribution >= 0.6 is 0 Å². The third-order valence-electron chi connectivity index (χ3n) is 6.43. The summed E-state index contributed by atoms with van der Waals surface area (Å²) < 4.78 is 0. The molecule has 0 radical (unpaired) electrons. The van der Waals surface area contributed by atoms with Crippen LogP contribution in [0.3, 0.4) is 0 Å². The molecule has 1 saturated carbocycles. The van der Waals surface area contributed by atoms with E-state index >= 15 is 0 Å². The lowest BCUT2D eigenvalue weighted by Crippen LogP contribution is -2.52. The molecule has 1 aliphatic carbocycles. The first-order chi connectivity index (χ1) is 14.0. The maximum atomic E-state index is 13.0. The van der Waals surface area contributed by atoms with Crippen molar-refractivity contribution in [1.82, 2.24) is 10.2 Å². The largest absolute Gasteiger partial charge is 0.328 e. The number of nitrogens with zero attached hydrogens (tertiary/aromatic N) is 1. The van der Waals surface area contributed by atoms with Crippen molar-refractivity contribution in [2.24, 2.45) is 5.73 Å². The van der Waals surface area contributed by atoms with Gasteiger partial charge in [-0.3, -0.25) is 19.7 Å². The Morgan fingerprint density at radius 3 is 2.52 bits per heavy atom. The highest BCUT2D eigenvalue weighted by molar-refractivity contribution is 6.06. The minimum atomic E-state index is -0.594. The van der Waals surface area contributed by atoms with Crippen molar-refractivity contribution >= 4 is 17.7 Å². The molecule has 3 aliphatic rings. The van der Waals surface area contributed by atoms with E-state index in [1.807, 2.05) is 18.2 Å². The highest BCUT2D eigenvalue weighted by Gasteiger charge is 2.40. The van der Waals surface area contributed by atoms with E-state index in [1.165, 1.54) is 5.56 Å². The van der Waals surface area contributed by atoms with Crippen LogP contribution in [-0.2, 0) is 16.1 Å². The number of nitrogens with one attached hydrogen (secondary N) is 1. The van der Waals surface area contributed by atoms with Crippen LogP contribution in [-0.4, -0.2) is 34.7 Å². The van der Waals surface area contributed by atoms with Crippen LogP contribution in [0.2, 0.25) is 0 Å². The first kappa shape index (κ1) is 18.1. The number of amides is 3. The number of hydrogen-bond acceptors (Lipinski definition) is 4. The van der Waals surface area contributed by atoms with E-state index in [4.69, 9.17) is 5.73 Å². The Balaban J connectivity index is 1.46. The van der Waals surface area contributed by atoms with E-state index in [-0.39, 0.29) is 24.1 Å². The monoisotopic (exact) mass is 389 g/mol. The van der Waals surface area contributed by atoms with Gasteiger partial charge in [0, 0.05) is 24.6 Å². The number of hydrogen-bond donors (Lipinski definition) is 2. The maximum absolute atomic E-state index is 13.0. The second-order valence-corrected chi connectivity index (χ2v) is 8.29. The predicted molar refractivity (Wildman–Crippen MR) is 108 cm³/mol. The van der Waals surface area contributed by atoms with Crippen LogP contribution in [0.25, 0.3) is 11.1 Å². The number of benzene rings is 2. The van der Waals surface area contributed by atoms with Crippen molar-refractivity contribution in [2.75, 3.05) is 0 Å². The molecule has 6 heteroatoms. The fraction of sp³-hybridized carbons (Fsp3) is 0.348. The summed E-state index contributed by atoms with van der Waals surface area (Å²) in [7, 11) is 0. The molecule has 29 heavy (non-hydrogen) atoms. The lowest BCUT2D eigenvalue weighted by atomic mass is 9.76. The molecule has 2 heterocycles. The number of nitrogens with two attached hydrogens (primary N) is 1. The minimum absolute atomic E-state index is 0.141. The van der Waals surface area contributed by atoms with Gasteiger partial charge in [-0.1, -0.05) is 36.4 Å². The van der Waals surface area contributed by atoms with Gasteiger partial charge in [-0.2, -0.15) is 0 Å². The van der Waals surface area contributed by atoms with E-state index < -0.39 is 6.04 Å². The molecule has 0 bridgehead atoms. The topological polar surface area (TPSA) is 92.5 Å². The molecule has 6 nitrogen and oxygen atoms in total. The first-order valence-corrected chi connectivity index (χ1v) is 10.1. The zero-order valence-corrected chi connectivity index (χ0v) is 16.1. The molecule has 2 aromatic carbocycles. The molecule has 2 fully saturated rings. The van der Waals surface area contributed by atoms with Gasteiger partial charge in [-0.15, -0.1) is 0 Å². The number of piperidine rings is 1. The zero-order valence-electron chi connectivity index (χ0n) is 16.1. The van der Waals surface area contributed by atoms with E-state index in [0.717, 1.165) is 29.5 Å². The quantitative estimate of drug-likeness (QED) is 0.788. The minimum Gasteiger partial charge on any atom is -0.328 e. The van der Waals surface area contributed by atoms with Gasteiger partial charge in [0.15, 0.2) is 0 Å². The molecule has 148 valence electrons. The predicted octanol–water partition coefficient (Wildman–Crippen LogP) is 2.32. The van der Waals surface area contributed by atoms with Gasteiger partial charge in [0.1, 0.15) is 6.04 Å². The van der Waals surface area contributed by atoms with Crippen LogP contribution in [0, 0.1) is 0 Å². The van der Waals surface area contributed by atoms with Crippen molar-refractivity contribution in [3.8, 4) is 11.1 Å². The SMILES string of the molecule is NC1CC(c2cccc(-c3cccc4c3CN(C3CCC(=O)NC3=O)C4=O)c2)C1. The van der Waals surface area contributed by atoms with Crippen molar-refractivity contribution < 1.29 is 14.4 Å². The van der Waals surface area contributed by atoms with Crippen molar-refractivity contribution in [3.63, 3.8) is 0 Å². The average molecular weight is 389 g/mol. The van der Waals surface area contributed by atoms with E-state index in [9.17, 15) is 14.4 Å². The Morgan fingerprint density at radius 1 is 1.00 bits per heavy atom. The number of fused-ring (bicyclic) bond motifs is 1. The Kier molecular flexibility index (Phi) is 4.24. The van der Waals surface area contributed by atoms with Gasteiger partial charge in [0.25, 0.3) is 5.91 Å². The van der Waals surface area contributed by atoms with E-state index in [2.05, 4.69) is 29.6 Å². The molecule has 1 atom stereocenters. The molecular formula is C23H23N3O3. The summed E-state index contributed by atoms with van der Waals surface area (Å²) in [6.07, 6.45) is 2.66. The highest BCUT2D eigenvalue weighted by atomic mass is 16.2. The fourth-order valence-electron chi connectivity index (χ4n) is 4.75. The summed E-state index contributed by atoms with van der Waals surface area (Å²) in [5.41, 5.74) is 10.9. The smallest absolute Gasteiger partial charge is 0.255 e. The Bertz CT molecular complexity index is 1030. The first-order valence-electron chi connectivity index (χ1n) is 10.1. The third-order valence-corrected chi connectivity index (χ3v) is 6.43. The van der Waals surface area contributed by atoms with Crippen LogP contribution < -0.4 is 11.1 Å². The van der Waals surface area contributed by atoms with E-state index in [0.29, 0.717) is 30.5 Å². The van der Waals surface area contributed by atoms with Crippen LogP contribution in [0.4, 0.5) is 0 Å². The lowest BCUT2D eigenvalue weighted by molar-refractivity contribution is -0.136. The number of rotatable bonds is 3. The van der Waals surface area contributed by atoms with Gasteiger partial charge in [-0.05, 0) is 53.5 Å². The van der Waals surface area contributed by atoms with Crippen molar-refractivity contribution in [3.05, 3.63) is 59.2 Å². The molecule has 2 aliphatic heterocycles. The number of carbonyl (C=O) groups excluding carboxylic acids is 3. The summed E-state index contributed by atoms with van der Waals surface area (Å²) in [6, 6.07) is 13.9. The highest BCUT2D eigenvalue weighted by Crippen LogP contribution is 2.39. The van der Waals surface area contributed by atoms with Gasteiger partial charge in [0.2, 0.25) is 11.8 Å². The summed E-state index contributed by atoms with van der Waals surface area (Å²) in [4.78, 5) is 38.4. The van der Waals surface area contributed by atoms with Gasteiger partial charge < -0.3 is 10.6 Å².